The van der Waals surface area contributed by atoms with Gasteiger partial charge in [0.25, 0.3) is 0 Å². The van der Waals surface area contributed by atoms with Crippen LogP contribution >= 0.6 is 11.3 Å². The molecule has 0 radical (unpaired) electrons. The molecule has 0 aliphatic carbocycles. The molecule has 0 aliphatic rings. The van der Waals surface area contributed by atoms with Gasteiger partial charge in [-0.2, -0.15) is 0 Å². The van der Waals surface area contributed by atoms with Crippen molar-refractivity contribution in [1.82, 2.24) is 14.9 Å². The quantitative estimate of drug-likeness (QED) is 0.813. The molecular formula is C14H19N3OS. The molecule has 0 bridgehead atoms. The van der Waals surface area contributed by atoms with Crippen LogP contribution < -0.4 is 4.74 Å². The molecule has 0 aromatic carbocycles. The number of rotatable bonds is 6. The highest BCUT2D eigenvalue weighted by molar-refractivity contribution is 7.09. The Morgan fingerprint density at radius 2 is 2.16 bits per heavy atom. The summed E-state index contributed by atoms with van der Waals surface area (Å²) in [4.78, 5) is 12.2. The third-order valence-electron chi connectivity index (χ3n) is 3.02. The van der Waals surface area contributed by atoms with Gasteiger partial charge in [0.15, 0.2) is 0 Å². The summed E-state index contributed by atoms with van der Waals surface area (Å²) in [6.45, 7) is 3.99. The lowest BCUT2D eigenvalue weighted by atomic mass is 10.2. The number of hydrogen-bond donors (Lipinski definition) is 0. The van der Waals surface area contributed by atoms with E-state index in [0.29, 0.717) is 5.88 Å². The summed E-state index contributed by atoms with van der Waals surface area (Å²) in [7, 11) is 3.76. The van der Waals surface area contributed by atoms with E-state index >= 15 is 0 Å². The number of aryl methyl sites for hydroxylation is 1. The Morgan fingerprint density at radius 3 is 2.74 bits per heavy atom. The Bertz CT molecular complexity index is 510. The zero-order valence-corrected chi connectivity index (χ0v) is 12.4. The monoisotopic (exact) mass is 277 g/mol. The van der Waals surface area contributed by atoms with Gasteiger partial charge in [0, 0.05) is 30.2 Å². The number of thiazole rings is 1. The van der Waals surface area contributed by atoms with Gasteiger partial charge >= 0.3 is 0 Å². The van der Waals surface area contributed by atoms with E-state index in [1.54, 1.807) is 18.4 Å². The molecule has 0 unspecified atom stereocenters. The fourth-order valence-corrected chi connectivity index (χ4v) is 2.64. The third kappa shape index (κ3) is 4.01. The minimum atomic E-state index is 0.659. The van der Waals surface area contributed by atoms with Gasteiger partial charge in [-0.15, -0.1) is 11.3 Å². The average Bonchev–Trinajstić information content (AvgIpc) is 2.83. The normalized spacial score (nSPS) is 10.9. The molecule has 5 heteroatoms. The van der Waals surface area contributed by atoms with Crippen LogP contribution in [-0.2, 0) is 13.0 Å². The number of methoxy groups -OCH3 is 1. The molecule has 2 aromatic rings. The van der Waals surface area contributed by atoms with E-state index in [-0.39, 0.29) is 0 Å². The zero-order chi connectivity index (χ0) is 13.7. The topological polar surface area (TPSA) is 38.2 Å². The molecule has 0 spiro atoms. The molecule has 19 heavy (non-hydrogen) atoms. The van der Waals surface area contributed by atoms with E-state index in [9.17, 15) is 0 Å². The van der Waals surface area contributed by atoms with Gasteiger partial charge in [0.1, 0.15) is 0 Å². The van der Waals surface area contributed by atoms with Crippen molar-refractivity contribution in [3.63, 3.8) is 0 Å². The standard InChI is InChI=1S/C14H19N3OS/c1-11-13(19-10-16-11)6-7-17(2)9-12-4-5-14(18-3)15-8-12/h4-5,8,10H,6-7,9H2,1-3H3. The maximum Gasteiger partial charge on any atom is 0.212 e. The minimum Gasteiger partial charge on any atom is -0.481 e. The minimum absolute atomic E-state index is 0.659. The Morgan fingerprint density at radius 1 is 1.32 bits per heavy atom. The Balaban J connectivity index is 1.83. The highest BCUT2D eigenvalue weighted by atomic mass is 32.1. The third-order valence-corrected chi connectivity index (χ3v) is 4.02. The van der Waals surface area contributed by atoms with E-state index in [1.807, 2.05) is 17.8 Å². The summed E-state index contributed by atoms with van der Waals surface area (Å²) >= 11 is 1.74. The number of pyridine rings is 1. The molecule has 2 heterocycles. The van der Waals surface area contributed by atoms with Gasteiger partial charge < -0.3 is 9.64 Å². The van der Waals surface area contributed by atoms with Gasteiger partial charge in [0.2, 0.25) is 5.88 Å². The molecule has 4 nitrogen and oxygen atoms in total. The van der Waals surface area contributed by atoms with E-state index < -0.39 is 0 Å². The second-order valence-corrected chi connectivity index (χ2v) is 5.50. The summed E-state index contributed by atoms with van der Waals surface area (Å²) < 4.78 is 5.05. The number of hydrogen-bond acceptors (Lipinski definition) is 5. The predicted octanol–water partition coefficient (Wildman–Crippen LogP) is 2.53. The van der Waals surface area contributed by atoms with Crippen molar-refractivity contribution in [2.24, 2.45) is 0 Å². The largest absolute Gasteiger partial charge is 0.481 e. The van der Waals surface area contributed by atoms with Gasteiger partial charge in [0.05, 0.1) is 18.3 Å². The molecule has 2 aromatic heterocycles. The molecular weight excluding hydrogens is 258 g/mol. The van der Waals surface area contributed by atoms with E-state index in [0.717, 1.165) is 25.2 Å². The summed E-state index contributed by atoms with van der Waals surface area (Å²) in [5.74, 6) is 0.659. The lowest BCUT2D eigenvalue weighted by Crippen LogP contribution is -2.20. The zero-order valence-electron chi connectivity index (χ0n) is 11.6. The average molecular weight is 277 g/mol. The van der Waals surface area contributed by atoms with Crippen molar-refractivity contribution < 1.29 is 4.74 Å². The molecule has 0 atom stereocenters. The maximum absolute atomic E-state index is 5.05. The Hall–Kier alpha value is -1.46. The molecule has 102 valence electrons. The molecule has 0 N–H and O–H groups in total. The Labute approximate surface area is 118 Å². The second kappa shape index (κ2) is 6.63. The molecule has 2 rings (SSSR count). The number of aromatic nitrogens is 2. The van der Waals surface area contributed by atoms with Crippen molar-refractivity contribution in [3.05, 3.63) is 40.0 Å². The van der Waals surface area contributed by atoms with E-state index in [2.05, 4.69) is 34.9 Å². The second-order valence-electron chi connectivity index (χ2n) is 4.56. The fourth-order valence-electron chi connectivity index (χ4n) is 1.87. The van der Waals surface area contributed by atoms with Crippen molar-refractivity contribution in [2.45, 2.75) is 19.9 Å². The van der Waals surface area contributed by atoms with Crippen LogP contribution in [0.1, 0.15) is 16.1 Å². The first-order valence-electron chi connectivity index (χ1n) is 6.25. The van der Waals surface area contributed by atoms with Crippen molar-refractivity contribution >= 4 is 11.3 Å². The molecule has 0 saturated carbocycles. The van der Waals surface area contributed by atoms with Gasteiger partial charge in [-0.25, -0.2) is 9.97 Å². The SMILES string of the molecule is COc1ccc(CN(C)CCc2scnc2C)cn1. The number of nitrogens with zero attached hydrogens (tertiary/aromatic N) is 3. The Kier molecular flexibility index (Phi) is 4.87. The number of likely N-dealkylation sites (N-methyl/N-ethyl adjacent to an activating group) is 1. The first kappa shape index (κ1) is 14.0. The van der Waals surface area contributed by atoms with Gasteiger partial charge in [-0.1, -0.05) is 6.07 Å². The van der Waals surface area contributed by atoms with Crippen LogP contribution in [0.2, 0.25) is 0 Å². The van der Waals surface area contributed by atoms with Crippen molar-refractivity contribution in [2.75, 3.05) is 20.7 Å². The summed E-state index contributed by atoms with van der Waals surface area (Å²) in [5, 5.41) is 0. The first-order valence-corrected chi connectivity index (χ1v) is 7.13. The van der Waals surface area contributed by atoms with Crippen LogP contribution in [0.5, 0.6) is 5.88 Å². The van der Waals surface area contributed by atoms with E-state index in [1.165, 1.54) is 10.4 Å². The van der Waals surface area contributed by atoms with E-state index in [4.69, 9.17) is 4.74 Å². The highest BCUT2D eigenvalue weighted by Gasteiger charge is 2.05. The van der Waals surface area contributed by atoms with Gasteiger partial charge in [-0.05, 0) is 26.0 Å². The molecule has 0 fully saturated rings. The summed E-state index contributed by atoms with van der Waals surface area (Å²) in [6, 6.07) is 3.96. The predicted molar refractivity (Wildman–Crippen MR) is 77.7 cm³/mol. The molecule has 0 aliphatic heterocycles. The molecule has 0 saturated heterocycles. The summed E-state index contributed by atoms with van der Waals surface area (Å²) in [5.41, 5.74) is 4.27. The maximum atomic E-state index is 5.05. The summed E-state index contributed by atoms with van der Waals surface area (Å²) in [6.07, 6.45) is 2.92. The smallest absolute Gasteiger partial charge is 0.212 e. The van der Waals surface area contributed by atoms with Crippen LogP contribution in [0, 0.1) is 6.92 Å². The molecule has 0 amide bonds. The van der Waals surface area contributed by atoms with Crippen LogP contribution in [0.25, 0.3) is 0 Å². The van der Waals surface area contributed by atoms with Crippen LogP contribution in [0.4, 0.5) is 0 Å². The van der Waals surface area contributed by atoms with Crippen LogP contribution in [0.15, 0.2) is 23.8 Å². The van der Waals surface area contributed by atoms with Crippen molar-refractivity contribution in [1.29, 1.82) is 0 Å². The first-order chi connectivity index (χ1) is 9.19. The lowest BCUT2D eigenvalue weighted by Gasteiger charge is -2.16. The van der Waals surface area contributed by atoms with Gasteiger partial charge in [-0.3, -0.25) is 0 Å². The number of ether oxygens (including phenoxy) is 1. The lowest BCUT2D eigenvalue weighted by molar-refractivity contribution is 0.330. The van der Waals surface area contributed by atoms with Crippen molar-refractivity contribution in [3.8, 4) is 5.88 Å². The van der Waals surface area contributed by atoms with Crippen LogP contribution in [0.3, 0.4) is 0 Å². The highest BCUT2D eigenvalue weighted by Crippen LogP contribution is 2.14. The van der Waals surface area contributed by atoms with Crippen LogP contribution in [-0.4, -0.2) is 35.6 Å². The fraction of sp³-hybridized carbons (Fsp3) is 0.429.